The van der Waals surface area contributed by atoms with E-state index in [4.69, 9.17) is 9.47 Å². The Morgan fingerprint density at radius 3 is 1.97 bits per heavy atom. The highest BCUT2D eigenvalue weighted by molar-refractivity contribution is 8.00. The number of carbonyl (C=O) groups is 2. The van der Waals surface area contributed by atoms with Gasteiger partial charge in [0, 0.05) is 19.1 Å². The topological polar surface area (TPSA) is 59.1 Å². The molecule has 0 N–H and O–H groups in total. The van der Waals surface area contributed by atoms with Crippen molar-refractivity contribution in [1.82, 2.24) is 4.90 Å². The number of urea groups is 1. The highest BCUT2D eigenvalue weighted by Gasteiger charge is 2.57. The van der Waals surface area contributed by atoms with Crippen LogP contribution in [0.2, 0.25) is 0 Å². The zero-order valence-corrected chi connectivity index (χ0v) is 19.6. The van der Waals surface area contributed by atoms with Crippen LogP contribution in [0.4, 0.5) is 50.0 Å². The molecule has 2 rings (SSSR count). The number of methoxy groups -OCH3 is 2. The highest BCUT2D eigenvalue weighted by Crippen LogP contribution is 2.46. The van der Waals surface area contributed by atoms with Crippen molar-refractivity contribution >= 4 is 29.4 Å². The average Bonchev–Trinajstić information content (AvgIpc) is 2.79. The maximum absolute atomic E-state index is 14.8. The van der Waals surface area contributed by atoms with Crippen LogP contribution in [0, 0.1) is 17.5 Å². The zero-order chi connectivity index (χ0) is 28.1. The molecule has 0 spiro atoms. The Bertz CT molecular complexity index is 1110. The van der Waals surface area contributed by atoms with E-state index in [1.54, 1.807) is 0 Å². The molecule has 0 aliphatic rings. The fourth-order valence-electron chi connectivity index (χ4n) is 2.84. The third-order valence-corrected chi connectivity index (χ3v) is 5.42. The van der Waals surface area contributed by atoms with Crippen molar-refractivity contribution in [2.45, 2.75) is 22.5 Å². The van der Waals surface area contributed by atoms with Gasteiger partial charge in [-0.1, -0.05) is 6.07 Å². The van der Waals surface area contributed by atoms with E-state index in [-0.39, 0.29) is 4.90 Å². The Morgan fingerprint density at radius 2 is 1.49 bits per heavy atom. The Hall–Kier alpha value is -2.98. The summed E-state index contributed by atoms with van der Waals surface area (Å²) in [6.45, 7) is -1.66. The van der Waals surface area contributed by atoms with Crippen molar-refractivity contribution in [1.29, 1.82) is 0 Å². The van der Waals surface area contributed by atoms with Gasteiger partial charge in [0.05, 0.1) is 5.69 Å². The van der Waals surface area contributed by atoms with Gasteiger partial charge >= 0.3 is 17.5 Å². The van der Waals surface area contributed by atoms with Gasteiger partial charge in [-0.2, -0.15) is 22.0 Å². The number of nitrogens with zero attached hydrogens (tertiary/aromatic N) is 2. The molecule has 0 fully saturated rings. The third kappa shape index (κ3) is 7.07. The van der Waals surface area contributed by atoms with Crippen molar-refractivity contribution in [2.75, 3.05) is 32.6 Å². The van der Waals surface area contributed by atoms with E-state index in [0.29, 0.717) is 23.1 Å². The lowest BCUT2D eigenvalue weighted by Gasteiger charge is -2.29. The third-order valence-electron chi connectivity index (χ3n) is 4.45. The van der Waals surface area contributed by atoms with Gasteiger partial charge in [-0.15, -0.1) is 0 Å². The monoisotopic (exact) mass is 564 g/mol. The zero-order valence-electron chi connectivity index (χ0n) is 18.8. The van der Waals surface area contributed by atoms with Crippen LogP contribution in [0.1, 0.15) is 10.4 Å². The predicted octanol–water partition coefficient (Wildman–Crippen LogP) is 5.97. The van der Waals surface area contributed by atoms with E-state index in [1.807, 2.05) is 0 Å². The molecule has 0 aliphatic carbocycles. The van der Waals surface area contributed by atoms with Gasteiger partial charge in [0.25, 0.3) is 12.1 Å². The number of halogens is 9. The Labute approximate surface area is 207 Å². The second-order valence-electron chi connectivity index (χ2n) is 7.06. The predicted molar refractivity (Wildman–Crippen MR) is 112 cm³/mol. The number of rotatable bonds is 9. The van der Waals surface area contributed by atoms with Gasteiger partial charge in [0.1, 0.15) is 36.5 Å². The van der Waals surface area contributed by atoms with Crippen molar-refractivity contribution in [3.63, 3.8) is 0 Å². The van der Waals surface area contributed by atoms with Crippen LogP contribution >= 0.6 is 11.8 Å². The van der Waals surface area contributed by atoms with E-state index in [2.05, 4.69) is 0 Å². The minimum Gasteiger partial charge on any atom is -0.364 e. The van der Waals surface area contributed by atoms with Gasteiger partial charge in [0.15, 0.2) is 0 Å². The standard InChI is InChI=1S/C21H17F9N2O4S/c1-35-9-31(19(34)32(10-36-2)17(33)16-12(22)4-3-5-13(16)23)15-7-6-11(8-14(15)24)37-21(29,30)18(25)20(26,27)28/h3-8,18H,9-10H2,1-2H3. The number of amides is 3. The van der Waals surface area contributed by atoms with Gasteiger partial charge < -0.3 is 9.47 Å². The number of hydrogen-bond donors (Lipinski definition) is 0. The molecule has 2 aromatic carbocycles. The minimum absolute atomic E-state index is 0.188. The fraction of sp³-hybridized carbons (Fsp3) is 0.333. The summed E-state index contributed by atoms with van der Waals surface area (Å²) in [5, 5.41) is -5.01. The Balaban J connectivity index is 2.42. The van der Waals surface area contributed by atoms with Crippen LogP contribution in [0.25, 0.3) is 0 Å². The molecule has 6 nitrogen and oxygen atoms in total. The summed E-state index contributed by atoms with van der Waals surface area (Å²) >= 11 is -0.914. The lowest BCUT2D eigenvalue weighted by atomic mass is 10.1. The number of imide groups is 1. The lowest BCUT2D eigenvalue weighted by Crippen LogP contribution is -2.48. The summed E-state index contributed by atoms with van der Waals surface area (Å²) in [6, 6.07) is 2.64. The molecule has 1 atom stereocenters. The highest BCUT2D eigenvalue weighted by atomic mass is 32.2. The number of hydrogen-bond acceptors (Lipinski definition) is 5. The number of ether oxygens (including phenoxy) is 2. The molecule has 0 radical (unpaired) electrons. The molecule has 1 unspecified atom stereocenters. The molecular weight excluding hydrogens is 547 g/mol. The van der Waals surface area contributed by atoms with Gasteiger partial charge in [-0.3, -0.25) is 9.69 Å². The SMILES string of the molecule is COCN(C(=O)c1c(F)cccc1F)C(=O)N(COC)c1ccc(SC(F)(F)C(F)C(F)(F)F)cc1F. The summed E-state index contributed by atoms with van der Waals surface area (Å²) < 4.78 is 130. The second kappa shape index (κ2) is 12.0. The molecule has 0 aliphatic heterocycles. The lowest BCUT2D eigenvalue weighted by molar-refractivity contribution is -0.219. The quantitative estimate of drug-likeness (QED) is 0.214. The first-order chi connectivity index (χ1) is 17.2. The van der Waals surface area contributed by atoms with E-state index < -0.39 is 88.4 Å². The first-order valence-corrected chi connectivity index (χ1v) is 10.6. The summed E-state index contributed by atoms with van der Waals surface area (Å²) in [5.41, 5.74) is -1.86. The molecule has 2 aromatic rings. The molecule has 0 heterocycles. The molecule has 0 aromatic heterocycles. The van der Waals surface area contributed by atoms with E-state index in [0.717, 1.165) is 32.4 Å². The van der Waals surface area contributed by atoms with E-state index in [1.165, 1.54) is 0 Å². The van der Waals surface area contributed by atoms with E-state index >= 15 is 0 Å². The van der Waals surface area contributed by atoms with Crippen LogP contribution in [0.15, 0.2) is 41.3 Å². The average molecular weight is 564 g/mol. The number of thioether (sulfide) groups is 1. The number of alkyl halides is 6. The Morgan fingerprint density at radius 1 is 0.919 bits per heavy atom. The number of benzene rings is 2. The maximum atomic E-state index is 14.8. The molecule has 0 saturated heterocycles. The van der Waals surface area contributed by atoms with Crippen molar-refractivity contribution < 1.29 is 58.6 Å². The minimum atomic E-state index is -5.88. The number of carbonyl (C=O) groups excluding carboxylic acids is 2. The first kappa shape index (κ1) is 30.2. The summed E-state index contributed by atoms with van der Waals surface area (Å²) in [4.78, 5) is 25.6. The van der Waals surface area contributed by atoms with Gasteiger partial charge in [-0.05, 0) is 42.1 Å². The van der Waals surface area contributed by atoms with Crippen molar-refractivity contribution in [3.05, 3.63) is 59.4 Å². The molecule has 3 amide bonds. The maximum Gasteiger partial charge on any atom is 0.426 e. The van der Waals surface area contributed by atoms with Crippen LogP contribution in [0.5, 0.6) is 0 Å². The van der Waals surface area contributed by atoms with Gasteiger partial charge in [0.2, 0.25) is 0 Å². The van der Waals surface area contributed by atoms with Crippen molar-refractivity contribution in [3.8, 4) is 0 Å². The smallest absolute Gasteiger partial charge is 0.364 e. The van der Waals surface area contributed by atoms with Gasteiger partial charge in [-0.25, -0.2) is 27.3 Å². The second-order valence-corrected chi connectivity index (χ2v) is 8.28. The largest absolute Gasteiger partial charge is 0.426 e. The van der Waals surface area contributed by atoms with Crippen LogP contribution in [-0.2, 0) is 9.47 Å². The summed E-state index contributed by atoms with van der Waals surface area (Å²) in [5.74, 6) is -5.63. The summed E-state index contributed by atoms with van der Waals surface area (Å²) in [6.07, 6.45) is -10.4. The van der Waals surface area contributed by atoms with E-state index in [9.17, 15) is 49.1 Å². The molecule has 0 bridgehead atoms. The summed E-state index contributed by atoms with van der Waals surface area (Å²) in [7, 11) is 2.07. The van der Waals surface area contributed by atoms with Crippen LogP contribution in [0.3, 0.4) is 0 Å². The van der Waals surface area contributed by atoms with Crippen LogP contribution < -0.4 is 4.90 Å². The molecule has 204 valence electrons. The Kier molecular flexibility index (Phi) is 9.84. The molecular formula is C21H17F9N2O4S. The van der Waals surface area contributed by atoms with Crippen molar-refractivity contribution in [2.24, 2.45) is 0 Å². The van der Waals surface area contributed by atoms with Crippen LogP contribution in [-0.4, -0.2) is 62.1 Å². The first-order valence-electron chi connectivity index (χ1n) is 9.78. The molecule has 0 saturated carbocycles. The normalized spacial score (nSPS) is 12.8. The fourth-order valence-corrected chi connectivity index (χ4v) is 3.69. The molecule has 37 heavy (non-hydrogen) atoms. The number of anilines is 1. The molecule has 16 heteroatoms.